The fourth-order valence-electron chi connectivity index (χ4n) is 1.63. The predicted molar refractivity (Wildman–Crippen MR) is 63.9 cm³/mol. The molecule has 0 aromatic carbocycles. The van der Waals surface area contributed by atoms with Crippen molar-refractivity contribution < 1.29 is 24.2 Å². The van der Waals surface area contributed by atoms with Gasteiger partial charge < -0.3 is 19.9 Å². The lowest BCUT2D eigenvalue weighted by Gasteiger charge is -2.23. The summed E-state index contributed by atoms with van der Waals surface area (Å²) in [5, 5.41) is 12.2. The second kappa shape index (κ2) is 5.39. The monoisotopic (exact) mass is 257 g/mol. The normalized spacial score (nSPS) is 23.3. The van der Waals surface area contributed by atoms with E-state index in [1.165, 1.54) is 13.2 Å². The molecule has 0 radical (unpaired) electrons. The molecule has 0 saturated heterocycles. The fraction of sp³-hybridized carbons (Fsp3) is 0.667. The molecule has 102 valence electrons. The molecular weight excluding hydrogens is 238 g/mol. The number of hydrogen-bond donors (Lipinski definition) is 2. The maximum Gasteiger partial charge on any atom is 0.407 e. The van der Waals surface area contributed by atoms with E-state index >= 15 is 0 Å². The van der Waals surface area contributed by atoms with E-state index in [-0.39, 0.29) is 6.42 Å². The molecule has 6 nitrogen and oxygen atoms in total. The van der Waals surface area contributed by atoms with Crippen molar-refractivity contribution in [1.29, 1.82) is 0 Å². The van der Waals surface area contributed by atoms with E-state index in [0.29, 0.717) is 5.57 Å². The molecular formula is C12H19NO5. The number of nitrogens with one attached hydrogen (secondary N) is 1. The van der Waals surface area contributed by atoms with Gasteiger partial charge in [0.1, 0.15) is 5.60 Å². The van der Waals surface area contributed by atoms with E-state index in [2.05, 4.69) is 10.1 Å². The van der Waals surface area contributed by atoms with Crippen LogP contribution in [0.25, 0.3) is 0 Å². The van der Waals surface area contributed by atoms with Gasteiger partial charge in [0.05, 0.1) is 19.3 Å². The number of hydrogen-bond acceptors (Lipinski definition) is 5. The van der Waals surface area contributed by atoms with Crippen molar-refractivity contribution in [3.63, 3.8) is 0 Å². The summed E-state index contributed by atoms with van der Waals surface area (Å²) in [6, 6.07) is -0.561. The summed E-state index contributed by atoms with van der Waals surface area (Å²) in [5.74, 6) is -0.498. The van der Waals surface area contributed by atoms with Crippen molar-refractivity contribution in [1.82, 2.24) is 5.32 Å². The first-order valence-corrected chi connectivity index (χ1v) is 5.69. The number of aliphatic hydroxyl groups is 1. The average Bonchev–Trinajstić information content (AvgIpc) is 2.56. The molecule has 0 aliphatic heterocycles. The Morgan fingerprint density at radius 2 is 2.06 bits per heavy atom. The summed E-state index contributed by atoms with van der Waals surface area (Å²) in [4.78, 5) is 22.8. The largest absolute Gasteiger partial charge is 0.466 e. The van der Waals surface area contributed by atoms with Gasteiger partial charge in [0.25, 0.3) is 0 Å². The Balaban J connectivity index is 2.52. The average molecular weight is 257 g/mol. The van der Waals surface area contributed by atoms with Gasteiger partial charge in [0.2, 0.25) is 0 Å². The van der Waals surface area contributed by atoms with Crippen LogP contribution in [-0.2, 0) is 14.3 Å². The molecule has 18 heavy (non-hydrogen) atoms. The molecule has 1 unspecified atom stereocenters. The van der Waals surface area contributed by atoms with Crippen molar-refractivity contribution in [2.75, 3.05) is 7.11 Å². The van der Waals surface area contributed by atoms with E-state index in [4.69, 9.17) is 4.74 Å². The molecule has 0 fully saturated rings. The summed E-state index contributed by atoms with van der Waals surface area (Å²) in [7, 11) is 1.27. The predicted octanol–water partition coefficient (Wildman–Crippen LogP) is 0.744. The van der Waals surface area contributed by atoms with Gasteiger partial charge in [-0.15, -0.1) is 0 Å². The molecule has 1 aliphatic carbocycles. The maximum absolute atomic E-state index is 11.5. The molecule has 1 amide bonds. The third-order valence-electron chi connectivity index (χ3n) is 2.37. The van der Waals surface area contributed by atoms with Gasteiger partial charge in [-0.2, -0.15) is 0 Å². The van der Waals surface area contributed by atoms with Crippen LogP contribution in [0.4, 0.5) is 4.79 Å². The molecule has 2 atom stereocenters. The standard InChI is InChI=1S/C12H19NO5/c1-12(2,3)18-11(16)13-8-5-7(6-9(8)14)10(15)17-4/h6,8-9,14H,5H2,1-4H3,(H,13,16)/t8-,9?/m1/s1. The SMILES string of the molecule is COC(=O)C1=CC(O)[C@H](NC(=O)OC(C)(C)C)C1. The first-order valence-electron chi connectivity index (χ1n) is 5.69. The van der Waals surface area contributed by atoms with Crippen molar-refractivity contribution >= 4 is 12.1 Å². The van der Waals surface area contributed by atoms with Gasteiger partial charge in [0, 0.05) is 12.0 Å². The molecule has 0 heterocycles. The van der Waals surface area contributed by atoms with Crippen molar-refractivity contribution in [3.8, 4) is 0 Å². The van der Waals surface area contributed by atoms with E-state index in [1.54, 1.807) is 20.8 Å². The highest BCUT2D eigenvalue weighted by atomic mass is 16.6. The zero-order valence-electron chi connectivity index (χ0n) is 11.0. The van der Waals surface area contributed by atoms with Crippen LogP contribution in [-0.4, -0.2) is 42.0 Å². The third kappa shape index (κ3) is 4.03. The molecule has 0 bridgehead atoms. The van der Waals surface area contributed by atoms with E-state index < -0.39 is 29.8 Å². The third-order valence-corrected chi connectivity index (χ3v) is 2.37. The summed E-state index contributed by atoms with van der Waals surface area (Å²) < 4.78 is 9.62. The summed E-state index contributed by atoms with van der Waals surface area (Å²) in [5.41, 5.74) is -0.252. The van der Waals surface area contributed by atoms with Crippen LogP contribution in [0.2, 0.25) is 0 Å². The van der Waals surface area contributed by atoms with Crippen LogP contribution in [0, 0.1) is 0 Å². The minimum absolute atomic E-state index is 0.229. The number of alkyl carbamates (subject to hydrolysis) is 1. The zero-order valence-corrected chi connectivity index (χ0v) is 11.0. The lowest BCUT2D eigenvalue weighted by molar-refractivity contribution is -0.136. The van der Waals surface area contributed by atoms with E-state index in [9.17, 15) is 14.7 Å². The first kappa shape index (κ1) is 14.5. The number of aliphatic hydroxyl groups excluding tert-OH is 1. The van der Waals surface area contributed by atoms with E-state index in [0.717, 1.165) is 0 Å². The molecule has 0 aromatic rings. The Labute approximate surface area is 106 Å². The summed E-state index contributed by atoms with van der Waals surface area (Å²) >= 11 is 0. The number of carbonyl (C=O) groups excluding carboxylic acids is 2. The van der Waals surface area contributed by atoms with Crippen molar-refractivity contribution in [2.45, 2.75) is 44.9 Å². The first-order chi connectivity index (χ1) is 8.23. The van der Waals surface area contributed by atoms with Gasteiger partial charge >= 0.3 is 12.1 Å². The molecule has 1 aliphatic rings. The Kier molecular flexibility index (Phi) is 4.34. The highest BCUT2D eigenvalue weighted by molar-refractivity contribution is 5.89. The number of rotatable bonds is 2. The number of amides is 1. The van der Waals surface area contributed by atoms with Crippen molar-refractivity contribution in [3.05, 3.63) is 11.6 Å². The van der Waals surface area contributed by atoms with Crippen LogP contribution in [0.15, 0.2) is 11.6 Å². The molecule has 0 saturated carbocycles. The van der Waals surface area contributed by atoms with Gasteiger partial charge in [-0.05, 0) is 26.8 Å². The number of ether oxygens (including phenoxy) is 2. The summed E-state index contributed by atoms with van der Waals surface area (Å²) in [6.07, 6.45) is 0.0821. The Hall–Kier alpha value is -1.56. The van der Waals surface area contributed by atoms with Gasteiger partial charge in [0.15, 0.2) is 0 Å². The number of carbonyl (C=O) groups is 2. The smallest absolute Gasteiger partial charge is 0.407 e. The molecule has 2 N–H and O–H groups in total. The Bertz CT molecular complexity index is 369. The molecule has 6 heteroatoms. The minimum Gasteiger partial charge on any atom is -0.466 e. The van der Waals surface area contributed by atoms with Gasteiger partial charge in [-0.1, -0.05) is 0 Å². The lowest BCUT2D eigenvalue weighted by atomic mass is 10.1. The summed E-state index contributed by atoms with van der Waals surface area (Å²) in [6.45, 7) is 5.24. The van der Waals surface area contributed by atoms with Crippen LogP contribution >= 0.6 is 0 Å². The highest BCUT2D eigenvalue weighted by Crippen LogP contribution is 2.21. The highest BCUT2D eigenvalue weighted by Gasteiger charge is 2.32. The van der Waals surface area contributed by atoms with Crippen molar-refractivity contribution in [2.24, 2.45) is 0 Å². The maximum atomic E-state index is 11.5. The Morgan fingerprint density at radius 1 is 1.44 bits per heavy atom. The van der Waals surface area contributed by atoms with Gasteiger partial charge in [-0.25, -0.2) is 9.59 Å². The number of methoxy groups -OCH3 is 1. The van der Waals surface area contributed by atoms with Crippen LogP contribution in [0.3, 0.4) is 0 Å². The Morgan fingerprint density at radius 3 is 2.56 bits per heavy atom. The minimum atomic E-state index is -0.911. The molecule has 0 aromatic heterocycles. The zero-order chi connectivity index (χ0) is 13.9. The van der Waals surface area contributed by atoms with Crippen LogP contribution < -0.4 is 5.32 Å². The fourth-order valence-corrected chi connectivity index (χ4v) is 1.63. The quantitative estimate of drug-likeness (QED) is 0.713. The van der Waals surface area contributed by atoms with Gasteiger partial charge in [-0.3, -0.25) is 0 Å². The number of esters is 1. The van der Waals surface area contributed by atoms with Crippen LogP contribution in [0.1, 0.15) is 27.2 Å². The second-order valence-electron chi connectivity index (χ2n) is 5.13. The lowest BCUT2D eigenvalue weighted by Crippen LogP contribution is -2.43. The molecule has 1 rings (SSSR count). The van der Waals surface area contributed by atoms with E-state index in [1.807, 2.05) is 0 Å². The van der Waals surface area contributed by atoms with Crippen LogP contribution in [0.5, 0.6) is 0 Å². The second-order valence-corrected chi connectivity index (χ2v) is 5.13. The molecule has 0 spiro atoms. The topological polar surface area (TPSA) is 84.9 Å².